The molecule has 3 aliphatic rings. The normalized spacial score (nSPS) is 28.6. The average molecular weight is 405 g/mol. The van der Waals surface area contributed by atoms with E-state index in [2.05, 4.69) is 31.9 Å². The topological polar surface area (TPSA) is 35.2 Å². The fourth-order valence-corrected chi connectivity index (χ4v) is 4.98. The number of quaternary nitrogens is 1. The number of halogens is 2. The van der Waals surface area contributed by atoms with E-state index in [0.29, 0.717) is 0 Å². The van der Waals surface area contributed by atoms with Crippen LogP contribution in [0.5, 0.6) is 5.75 Å². The maximum absolute atomic E-state index is 6.00. The Bertz CT molecular complexity index is 462. The molecular formula is C15H21Br2N2O+. The predicted molar refractivity (Wildman–Crippen MR) is 88.8 cm³/mol. The van der Waals surface area contributed by atoms with Gasteiger partial charge >= 0.3 is 0 Å². The van der Waals surface area contributed by atoms with Gasteiger partial charge in [0.1, 0.15) is 18.9 Å². The number of anilines is 1. The minimum Gasteiger partial charge on any atom is -0.485 e. The molecule has 2 bridgehead atoms. The van der Waals surface area contributed by atoms with Crippen molar-refractivity contribution in [1.82, 2.24) is 0 Å². The molecule has 4 rings (SSSR count). The maximum atomic E-state index is 6.00. The monoisotopic (exact) mass is 403 g/mol. The van der Waals surface area contributed by atoms with Crippen LogP contribution < -0.4 is 10.5 Å². The van der Waals surface area contributed by atoms with Gasteiger partial charge in [-0.05, 0) is 69.2 Å². The molecule has 0 spiro atoms. The largest absolute Gasteiger partial charge is 0.485 e. The molecular weight excluding hydrogens is 384 g/mol. The molecule has 1 aromatic carbocycles. The molecule has 1 aromatic rings. The molecule has 110 valence electrons. The molecule has 0 aliphatic carbocycles. The molecule has 0 saturated carbocycles. The number of nitrogens with two attached hydrogens (primary N) is 1. The van der Waals surface area contributed by atoms with Gasteiger partial charge in [0.2, 0.25) is 0 Å². The summed E-state index contributed by atoms with van der Waals surface area (Å²) in [4.78, 5) is 0. The van der Waals surface area contributed by atoms with Gasteiger partial charge in [0.15, 0.2) is 0 Å². The van der Waals surface area contributed by atoms with E-state index in [9.17, 15) is 0 Å². The predicted octanol–water partition coefficient (Wildman–Crippen LogP) is 3.80. The van der Waals surface area contributed by atoms with Gasteiger partial charge in [0.25, 0.3) is 0 Å². The van der Waals surface area contributed by atoms with Crippen molar-refractivity contribution >= 4 is 37.5 Å². The first-order valence-electron chi connectivity index (χ1n) is 7.30. The third-order valence-electron chi connectivity index (χ3n) is 4.87. The molecule has 3 heterocycles. The van der Waals surface area contributed by atoms with E-state index in [0.717, 1.165) is 39.5 Å². The van der Waals surface area contributed by atoms with E-state index in [1.807, 2.05) is 12.1 Å². The quantitative estimate of drug-likeness (QED) is 0.611. The molecule has 0 amide bonds. The number of hydrogen-bond acceptors (Lipinski definition) is 2. The highest BCUT2D eigenvalue weighted by Gasteiger charge is 2.39. The standard InChI is InChI=1S/C15H21Br2N2O/c16-13-9-12(18)10-14(17)15(13)20-8-7-19-4-1-11(2-5-19)3-6-19/h9-11H,1-8,18H2/q+1. The first-order valence-corrected chi connectivity index (χ1v) is 8.89. The number of piperidine rings is 3. The van der Waals surface area contributed by atoms with Crippen LogP contribution in [0.3, 0.4) is 0 Å². The molecule has 3 saturated heterocycles. The molecule has 0 unspecified atom stereocenters. The second kappa shape index (κ2) is 5.85. The maximum Gasteiger partial charge on any atom is 0.148 e. The lowest BCUT2D eigenvalue weighted by atomic mass is 9.86. The summed E-state index contributed by atoms with van der Waals surface area (Å²) >= 11 is 7.04. The molecule has 2 N–H and O–H groups in total. The first-order chi connectivity index (χ1) is 9.58. The molecule has 0 aromatic heterocycles. The number of nitrogen functional groups attached to an aromatic ring is 1. The summed E-state index contributed by atoms with van der Waals surface area (Å²) in [6, 6.07) is 3.78. The van der Waals surface area contributed by atoms with Gasteiger partial charge in [0.05, 0.1) is 28.6 Å². The molecule has 5 heteroatoms. The van der Waals surface area contributed by atoms with Crippen LogP contribution in [0.4, 0.5) is 5.69 Å². The number of nitrogens with zero attached hydrogens (tertiary/aromatic N) is 1. The Morgan fingerprint density at radius 2 is 1.65 bits per heavy atom. The number of benzene rings is 1. The van der Waals surface area contributed by atoms with E-state index in [4.69, 9.17) is 10.5 Å². The van der Waals surface area contributed by atoms with Gasteiger partial charge in [0, 0.05) is 5.69 Å². The Balaban J connectivity index is 1.60. The van der Waals surface area contributed by atoms with Gasteiger partial charge in [-0.3, -0.25) is 0 Å². The van der Waals surface area contributed by atoms with Gasteiger partial charge in [-0.25, -0.2) is 0 Å². The van der Waals surface area contributed by atoms with E-state index >= 15 is 0 Å². The van der Waals surface area contributed by atoms with Crippen molar-refractivity contribution in [3.63, 3.8) is 0 Å². The van der Waals surface area contributed by atoms with E-state index < -0.39 is 0 Å². The van der Waals surface area contributed by atoms with Crippen molar-refractivity contribution < 1.29 is 9.22 Å². The third kappa shape index (κ3) is 3.00. The Hall–Kier alpha value is -0.260. The lowest BCUT2D eigenvalue weighted by Crippen LogP contribution is -2.59. The zero-order valence-corrected chi connectivity index (χ0v) is 14.7. The van der Waals surface area contributed by atoms with Crippen molar-refractivity contribution in [2.24, 2.45) is 5.92 Å². The Morgan fingerprint density at radius 3 is 2.20 bits per heavy atom. The lowest BCUT2D eigenvalue weighted by Gasteiger charge is -2.49. The number of hydrogen-bond donors (Lipinski definition) is 1. The number of rotatable bonds is 4. The van der Waals surface area contributed by atoms with Crippen LogP contribution in [-0.4, -0.2) is 37.3 Å². The minimum absolute atomic E-state index is 0.732. The zero-order valence-electron chi connectivity index (χ0n) is 11.6. The summed E-state index contributed by atoms with van der Waals surface area (Å²) in [6.45, 7) is 5.93. The van der Waals surface area contributed by atoms with Crippen molar-refractivity contribution in [2.75, 3.05) is 38.5 Å². The number of ether oxygens (including phenoxy) is 1. The molecule has 0 atom stereocenters. The highest BCUT2D eigenvalue weighted by atomic mass is 79.9. The fraction of sp³-hybridized carbons (Fsp3) is 0.600. The summed E-state index contributed by atoms with van der Waals surface area (Å²) in [5.74, 6) is 1.88. The zero-order chi connectivity index (χ0) is 14.2. The molecule has 3 aliphatic heterocycles. The summed E-state index contributed by atoms with van der Waals surface area (Å²) in [5.41, 5.74) is 6.54. The highest BCUT2D eigenvalue weighted by molar-refractivity contribution is 9.11. The van der Waals surface area contributed by atoms with Crippen LogP contribution in [-0.2, 0) is 0 Å². The van der Waals surface area contributed by atoms with Crippen molar-refractivity contribution in [2.45, 2.75) is 19.3 Å². The summed E-state index contributed by atoms with van der Waals surface area (Å²) in [5, 5.41) is 0. The van der Waals surface area contributed by atoms with Crippen LogP contribution in [0, 0.1) is 5.92 Å². The van der Waals surface area contributed by atoms with Crippen LogP contribution in [0.25, 0.3) is 0 Å². The Labute approximate surface area is 137 Å². The van der Waals surface area contributed by atoms with Gasteiger partial charge in [-0.15, -0.1) is 0 Å². The van der Waals surface area contributed by atoms with Crippen LogP contribution in [0.1, 0.15) is 19.3 Å². The van der Waals surface area contributed by atoms with Gasteiger partial charge in [-0.2, -0.15) is 0 Å². The Morgan fingerprint density at radius 1 is 1.10 bits per heavy atom. The first kappa shape index (κ1) is 14.7. The van der Waals surface area contributed by atoms with E-state index in [1.54, 1.807) is 0 Å². The van der Waals surface area contributed by atoms with Gasteiger partial charge in [-0.1, -0.05) is 0 Å². The fourth-order valence-electron chi connectivity index (χ4n) is 3.53. The second-order valence-electron chi connectivity index (χ2n) is 6.13. The minimum atomic E-state index is 0.732. The van der Waals surface area contributed by atoms with Crippen LogP contribution in [0.15, 0.2) is 21.1 Å². The lowest BCUT2D eigenvalue weighted by molar-refractivity contribution is -0.942. The SMILES string of the molecule is Nc1cc(Br)c(OCC[N+]23CCC(CC2)CC3)c(Br)c1. The molecule has 20 heavy (non-hydrogen) atoms. The third-order valence-corrected chi connectivity index (χ3v) is 6.05. The van der Waals surface area contributed by atoms with Crippen LogP contribution in [0.2, 0.25) is 0 Å². The number of fused-ring (bicyclic) bond motifs is 3. The molecule has 3 nitrogen and oxygen atoms in total. The summed E-state index contributed by atoms with van der Waals surface area (Å²) in [6.07, 6.45) is 4.24. The van der Waals surface area contributed by atoms with Crippen molar-refractivity contribution in [3.8, 4) is 5.75 Å². The van der Waals surface area contributed by atoms with Crippen molar-refractivity contribution in [3.05, 3.63) is 21.1 Å². The molecule has 0 radical (unpaired) electrons. The van der Waals surface area contributed by atoms with E-state index in [-0.39, 0.29) is 0 Å². The average Bonchev–Trinajstić information content (AvgIpc) is 2.44. The summed E-state index contributed by atoms with van der Waals surface area (Å²) < 4.78 is 9.11. The summed E-state index contributed by atoms with van der Waals surface area (Å²) in [7, 11) is 0. The molecule has 3 fully saturated rings. The highest BCUT2D eigenvalue weighted by Crippen LogP contribution is 2.36. The van der Waals surface area contributed by atoms with Gasteiger partial charge < -0.3 is 15.0 Å². The van der Waals surface area contributed by atoms with Crippen LogP contribution >= 0.6 is 31.9 Å². The Kier molecular flexibility index (Phi) is 4.29. The smallest absolute Gasteiger partial charge is 0.148 e. The van der Waals surface area contributed by atoms with E-state index in [1.165, 1.54) is 43.4 Å². The van der Waals surface area contributed by atoms with Crippen molar-refractivity contribution in [1.29, 1.82) is 0 Å². The second-order valence-corrected chi connectivity index (χ2v) is 7.84.